The highest BCUT2D eigenvalue weighted by molar-refractivity contribution is 6.32. The number of nitrogens with zero attached hydrogens (tertiary/aromatic N) is 2. The van der Waals surface area contributed by atoms with Gasteiger partial charge in [0, 0.05) is 12.0 Å². The summed E-state index contributed by atoms with van der Waals surface area (Å²) in [5, 5.41) is 14.0. The lowest BCUT2D eigenvalue weighted by atomic mass is 10.1. The lowest BCUT2D eigenvalue weighted by Gasteiger charge is -2.15. The first-order valence-corrected chi connectivity index (χ1v) is 6.64. The van der Waals surface area contributed by atoms with Gasteiger partial charge in [0.15, 0.2) is 5.69 Å². The van der Waals surface area contributed by atoms with E-state index >= 15 is 0 Å². The van der Waals surface area contributed by atoms with Crippen LogP contribution in [0.15, 0.2) is 18.2 Å². The second-order valence-electron chi connectivity index (χ2n) is 4.75. The number of aromatic carboxylic acids is 1. The minimum atomic E-state index is -1.05. The molecule has 20 heavy (non-hydrogen) atoms. The van der Waals surface area contributed by atoms with Crippen molar-refractivity contribution in [1.82, 2.24) is 9.78 Å². The fraction of sp³-hybridized carbons (Fsp3) is 0.286. The van der Waals surface area contributed by atoms with Crippen molar-refractivity contribution in [2.45, 2.75) is 20.0 Å². The number of aryl methyl sites for hydroxylation is 1. The van der Waals surface area contributed by atoms with E-state index in [1.54, 1.807) is 10.7 Å². The largest absolute Gasteiger partial charge is 0.476 e. The predicted molar refractivity (Wildman–Crippen MR) is 73.6 cm³/mol. The van der Waals surface area contributed by atoms with E-state index in [2.05, 4.69) is 5.10 Å². The van der Waals surface area contributed by atoms with Crippen molar-refractivity contribution in [2.24, 2.45) is 0 Å². The Hall–Kier alpha value is -1.85. The maximum Gasteiger partial charge on any atom is 0.356 e. The summed E-state index contributed by atoms with van der Waals surface area (Å²) >= 11 is 6.22. The molecule has 0 unspecified atom stereocenters. The third-order valence-electron chi connectivity index (χ3n) is 3.35. The molecule has 104 valence electrons. The van der Waals surface area contributed by atoms with Crippen LogP contribution in [-0.2, 0) is 17.8 Å². The lowest BCUT2D eigenvalue weighted by molar-refractivity contribution is 0.0677. The first-order valence-electron chi connectivity index (χ1n) is 6.26. The fourth-order valence-electron chi connectivity index (χ4n) is 2.39. The smallest absolute Gasteiger partial charge is 0.356 e. The second kappa shape index (κ2) is 4.92. The molecule has 0 atom stereocenters. The van der Waals surface area contributed by atoms with E-state index in [-0.39, 0.29) is 12.3 Å². The van der Waals surface area contributed by atoms with Gasteiger partial charge < -0.3 is 9.84 Å². The SMILES string of the molecule is Cc1ccc(Cl)c(-n2nc(C(=O)O)c3c2CCOC3)c1. The molecule has 1 aliphatic heterocycles. The van der Waals surface area contributed by atoms with Gasteiger partial charge >= 0.3 is 5.97 Å². The number of hydrogen-bond acceptors (Lipinski definition) is 3. The molecule has 1 aromatic heterocycles. The molecule has 0 bridgehead atoms. The summed E-state index contributed by atoms with van der Waals surface area (Å²) in [6.45, 7) is 2.79. The second-order valence-corrected chi connectivity index (χ2v) is 5.16. The Kier molecular flexibility index (Phi) is 3.23. The summed E-state index contributed by atoms with van der Waals surface area (Å²) in [6.07, 6.45) is 0.625. The van der Waals surface area contributed by atoms with E-state index in [9.17, 15) is 9.90 Å². The molecule has 2 aromatic rings. The molecule has 0 aliphatic carbocycles. The molecular weight excluding hydrogens is 280 g/mol. The van der Waals surface area contributed by atoms with Crippen molar-refractivity contribution in [3.8, 4) is 5.69 Å². The molecule has 1 aliphatic rings. The third kappa shape index (κ3) is 2.09. The zero-order chi connectivity index (χ0) is 14.3. The maximum absolute atomic E-state index is 11.3. The van der Waals surface area contributed by atoms with E-state index < -0.39 is 5.97 Å². The minimum absolute atomic E-state index is 0.0391. The van der Waals surface area contributed by atoms with Crippen molar-refractivity contribution < 1.29 is 14.6 Å². The standard InChI is InChI=1S/C14H13ClN2O3/c1-8-2-3-10(15)12(6-8)17-11-4-5-20-7-9(11)13(16-17)14(18)19/h2-3,6H,4-5,7H2,1H3,(H,18,19). The molecule has 0 saturated heterocycles. The number of fused-ring (bicyclic) bond motifs is 1. The van der Waals surface area contributed by atoms with Crippen LogP contribution in [0.2, 0.25) is 5.02 Å². The number of halogens is 1. The van der Waals surface area contributed by atoms with E-state index in [1.165, 1.54) is 0 Å². The van der Waals surface area contributed by atoms with Crippen LogP contribution < -0.4 is 0 Å². The zero-order valence-corrected chi connectivity index (χ0v) is 11.6. The highest BCUT2D eigenvalue weighted by Gasteiger charge is 2.26. The molecule has 1 aromatic carbocycles. The van der Waals surface area contributed by atoms with Crippen molar-refractivity contribution in [3.63, 3.8) is 0 Å². The Bertz CT molecular complexity index is 694. The van der Waals surface area contributed by atoms with E-state index in [0.29, 0.717) is 29.3 Å². The Balaban J connectivity index is 2.23. The van der Waals surface area contributed by atoms with Crippen molar-refractivity contribution >= 4 is 17.6 Å². The summed E-state index contributed by atoms with van der Waals surface area (Å²) in [7, 11) is 0. The maximum atomic E-state index is 11.3. The average molecular weight is 293 g/mol. The van der Waals surface area contributed by atoms with E-state index in [0.717, 1.165) is 11.3 Å². The van der Waals surface area contributed by atoms with Crippen LogP contribution in [-0.4, -0.2) is 27.5 Å². The van der Waals surface area contributed by atoms with Gasteiger partial charge in [-0.15, -0.1) is 0 Å². The van der Waals surface area contributed by atoms with Crippen LogP contribution in [0.25, 0.3) is 5.69 Å². The first-order chi connectivity index (χ1) is 9.58. The summed E-state index contributed by atoms with van der Waals surface area (Å²) in [5.74, 6) is -1.05. The van der Waals surface area contributed by atoms with Crippen LogP contribution in [0.1, 0.15) is 27.3 Å². The number of ether oxygens (including phenoxy) is 1. The van der Waals surface area contributed by atoms with Crippen molar-refractivity contribution in [3.05, 3.63) is 45.7 Å². The van der Waals surface area contributed by atoms with E-state index in [4.69, 9.17) is 16.3 Å². The molecule has 3 rings (SSSR count). The van der Waals surface area contributed by atoms with Gasteiger partial charge in [-0.3, -0.25) is 0 Å². The Labute approximate surface area is 120 Å². The first kappa shape index (κ1) is 13.1. The van der Waals surface area contributed by atoms with Gasteiger partial charge in [0.05, 0.1) is 29.6 Å². The average Bonchev–Trinajstić information content (AvgIpc) is 2.81. The molecule has 0 spiro atoms. The Morgan fingerprint density at radius 1 is 1.50 bits per heavy atom. The van der Waals surface area contributed by atoms with Gasteiger partial charge in [-0.2, -0.15) is 5.10 Å². The minimum Gasteiger partial charge on any atom is -0.476 e. The van der Waals surface area contributed by atoms with Gasteiger partial charge in [0.25, 0.3) is 0 Å². The van der Waals surface area contributed by atoms with Crippen LogP contribution in [0.5, 0.6) is 0 Å². The quantitative estimate of drug-likeness (QED) is 0.924. The Morgan fingerprint density at radius 2 is 2.30 bits per heavy atom. The highest BCUT2D eigenvalue weighted by atomic mass is 35.5. The molecule has 2 heterocycles. The van der Waals surface area contributed by atoms with Crippen LogP contribution in [0, 0.1) is 6.92 Å². The van der Waals surface area contributed by atoms with Gasteiger partial charge in [0.1, 0.15) is 0 Å². The van der Waals surface area contributed by atoms with E-state index in [1.807, 2.05) is 19.1 Å². The molecule has 0 saturated carbocycles. The van der Waals surface area contributed by atoms with Gasteiger partial charge in [0.2, 0.25) is 0 Å². The number of carboxylic acid groups (broad SMARTS) is 1. The van der Waals surface area contributed by atoms with Crippen molar-refractivity contribution in [2.75, 3.05) is 6.61 Å². The molecule has 0 amide bonds. The number of carbonyl (C=O) groups is 1. The summed E-state index contributed by atoms with van der Waals surface area (Å²) in [4.78, 5) is 11.3. The van der Waals surface area contributed by atoms with Gasteiger partial charge in [-0.05, 0) is 24.6 Å². The third-order valence-corrected chi connectivity index (χ3v) is 3.67. The molecule has 6 heteroatoms. The van der Waals surface area contributed by atoms with Crippen molar-refractivity contribution in [1.29, 1.82) is 0 Å². The van der Waals surface area contributed by atoms with Crippen LogP contribution >= 0.6 is 11.6 Å². The summed E-state index contributed by atoms with van der Waals surface area (Å²) < 4.78 is 6.98. The van der Waals surface area contributed by atoms with Crippen LogP contribution in [0.3, 0.4) is 0 Å². The normalized spacial score (nSPS) is 14.1. The predicted octanol–water partition coefficient (Wildman–Crippen LogP) is 2.61. The number of rotatable bonds is 2. The number of aromatic nitrogens is 2. The molecule has 5 nitrogen and oxygen atoms in total. The van der Waals surface area contributed by atoms with Gasteiger partial charge in [-0.25, -0.2) is 9.48 Å². The topological polar surface area (TPSA) is 64.4 Å². The zero-order valence-electron chi connectivity index (χ0n) is 10.9. The molecule has 0 radical (unpaired) electrons. The summed E-state index contributed by atoms with van der Waals surface area (Å²) in [5.41, 5.74) is 3.29. The fourth-order valence-corrected chi connectivity index (χ4v) is 2.59. The molecule has 0 fully saturated rings. The molecule has 1 N–H and O–H groups in total. The number of hydrogen-bond donors (Lipinski definition) is 1. The Morgan fingerprint density at radius 3 is 3.05 bits per heavy atom. The summed E-state index contributed by atoms with van der Waals surface area (Å²) in [6, 6.07) is 5.60. The monoisotopic (exact) mass is 292 g/mol. The number of carboxylic acids is 1. The number of benzene rings is 1. The van der Waals surface area contributed by atoms with Crippen LogP contribution in [0.4, 0.5) is 0 Å². The lowest BCUT2D eigenvalue weighted by Crippen LogP contribution is -2.14. The van der Waals surface area contributed by atoms with Gasteiger partial charge in [-0.1, -0.05) is 17.7 Å². The molecular formula is C14H13ClN2O3. The highest BCUT2D eigenvalue weighted by Crippen LogP contribution is 2.28.